The average Bonchev–Trinajstić information content (AvgIpc) is 3.48. The summed E-state index contributed by atoms with van der Waals surface area (Å²) < 4.78 is 7.60. The number of phenolic OH excluding ortho intramolecular Hbond substituents is 1. The number of hydrogen-bond acceptors (Lipinski definition) is 6. The molecule has 0 saturated carbocycles. The van der Waals surface area contributed by atoms with Crippen molar-refractivity contribution in [2.75, 3.05) is 20.2 Å². The van der Waals surface area contributed by atoms with E-state index in [4.69, 9.17) is 16.3 Å². The van der Waals surface area contributed by atoms with Crippen LogP contribution in [0.15, 0.2) is 73.3 Å². The number of aryl methyl sites for hydroxylation is 1. The first-order valence-electron chi connectivity index (χ1n) is 16.9. The largest absolute Gasteiger partial charge is 0.508 e. The van der Waals surface area contributed by atoms with Gasteiger partial charge in [-0.1, -0.05) is 84.3 Å². The van der Waals surface area contributed by atoms with Gasteiger partial charge >= 0.3 is 0 Å². The number of hydrogen-bond donors (Lipinski definition) is 3. The van der Waals surface area contributed by atoms with E-state index in [1.165, 1.54) is 19.1 Å². The van der Waals surface area contributed by atoms with E-state index in [0.29, 0.717) is 36.0 Å². The van der Waals surface area contributed by atoms with Gasteiger partial charge in [-0.15, -0.1) is 10.2 Å². The molecule has 3 N–H and O–H groups in total. The molecule has 0 aliphatic carbocycles. The lowest BCUT2D eigenvalue weighted by Gasteiger charge is -2.18. The van der Waals surface area contributed by atoms with Crippen molar-refractivity contribution in [2.24, 2.45) is 5.92 Å². The van der Waals surface area contributed by atoms with Crippen LogP contribution in [0.25, 0.3) is 11.3 Å². The minimum Gasteiger partial charge on any atom is -0.508 e. The van der Waals surface area contributed by atoms with E-state index in [9.17, 15) is 14.7 Å². The molecule has 266 valence electrons. The molecule has 0 bridgehead atoms. The Kier molecular flexibility index (Phi) is 19.8. The summed E-state index contributed by atoms with van der Waals surface area (Å²) in [5.41, 5.74) is 4.31. The number of amides is 2. The van der Waals surface area contributed by atoms with Crippen LogP contribution in [0.4, 0.5) is 0 Å². The Morgan fingerprint density at radius 3 is 2.20 bits per heavy atom. The maximum absolute atomic E-state index is 11.6. The molecule has 1 atom stereocenters. The van der Waals surface area contributed by atoms with Crippen LogP contribution in [0.2, 0.25) is 5.02 Å². The molecule has 1 heterocycles. The summed E-state index contributed by atoms with van der Waals surface area (Å²) in [5.74, 6) is 2.88. The zero-order valence-corrected chi connectivity index (χ0v) is 31.3. The van der Waals surface area contributed by atoms with Gasteiger partial charge in [0.25, 0.3) is 5.91 Å². The monoisotopic (exact) mass is 691 g/mol. The zero-order chi connectivity index (χ0) is 36.9. The van der Waals surface area contributed by atoms with Gasteiger partial charge in [0, 0.05) is 42.6 Å². The van der Waals surface area contributed by atoms with E-state index >= 15 is 0 Å². The molecule has 0 spiro atoms. The second kappa shape index (κ2) is 22.9. The SMILES string of the molecule is C=C(c1ccc(Cl)cc1)c1cc(OC)ccc1-n1c(C)nnc1CC(C)CC.CC.CC.CC(=O)NCCCNC(=O)c1cccc(O)c1. The molecule has 1 unspecified atom stereocenters. The Labute approximate surface area is 297 Å². The Balaban J connectivity index is 0.000000491. The molecule has 1 aromatic heterocycles. The van der Waals surface area contributed by atoms with Crippen molar-refractivity contribution in [1.29, 1.82) is 0 Å². The van der Waals surface area contributed by atoms with Crippen molar-refractivity contribution in [3.05, 3.63) is 107 Å². The third-order valence-corrected chi connectivity index (χ3v) is 7.46. The first-order valence-corrected chi connectivity index (χ1v) is 17.3. The number of benzene rings is 3. The lowest BCUT2D eigenvalue weighted by molar-refractivity contribution is -0.118. The fraction of sp³-hybridized carbons (Fsp3) is 0.385. The topological polar surface area (TPSA) is 118 Å². The zero-order valence-electron chi connectivity index (χ0n) is 30.6. The molecule has 4 rings (SSSR count). The highest BCUT2D eigenvalue weighted by Crippen LogP contribution is 2.32. The van der Waals surface area contributed by atoms with Crippen molar-refractivity contribution < 1.29 is 19.4 Å². The predicted octanol–water partition coefficient (Wildman–Crippen LogP) is 8.59. The molecule has 0 saturated heterocycles. The molecule has 0 aliphatic rings. The number of ether oxygens (including phenoxy) is 1. The quantitative estimate of drug-likeness (QED) is 0.128. The van der Waals surface area contributed by atoms with Gasteiger partial charge in [-0.05, 0) is 78.9 Å². The lowest BCUT2D eigenvalue weighted by Crippen LogP contribution is -2.28. The second-order valence-electron chi connectivity index (χ2n) is 10.7. The van der Waals surface area contributed by atoms with Gasteiger partial charge in [-0.25, -0.2) is 0 Å². The molecule has 10 heteroatoms. The van der Waals surface area contributed by atoms with Crippen LogP contribution in [0.1, 0.15) is 94.4 Å². The Morgan fingerprint density at radius 1 is 0.959 bits per heavy atom. The Bertz CT molecular complexity index is 1600. The molecule has 49 heavy (non-hydrogen) atoms. The lowest BCUT2D eigenvalue weighted by atomic mass is 9.97. The summed E-state index contributed by atoms with van der Waals surface area (Å²) in [6.07, 6.45) is 2.64. The number of halogens is 1. The van der Waals surface area contributed by atoms with Gasteiger partial charge in [0.2, 0.25) is 5.91 Å². The number of phenols is 1. The second-order valence-corrected chi connectivity index (χ2v) is 11.2. The summed E-state index contributed by atoms with van der Waals surface area (Å²) in [4.78, 5) is 22.2. The maximum Gasteiger partial charge on any atom is 0.251 e. The van der Waals surface area contributed by atoms with E-state index in [2.05, 4.69) is 45.8 Å². The highest BCUT2D eigenvalue weighted by molar-refractivity contribution is 6.30. The molecule has 3 aromatic carbocycles. The first kappa shape index (κ1) is 42.4. The van der Waals surface area contributed by atoms with Gasteiger partial charge in [-0.2, -0.15) is 0 Å². The molecule has 9 nitrogen and oxygen atoms in total. The van der Waals surface area contributed by atoms with E-state index in [1.807, 2.05) is 77.1 Å². The van der Waals surface area contributed by atoms with E-state index < -0.39 is 0 Å². The molecule has 2 amide bonds. The van der Waals surface area contributed by atoms with Crippen LogP contribution >= 0.6 is 11.6 Å². The van der Waals surface area contributed by atoms with Crippen molar-refractivity contribution in [3.8, 4) is 17.2 Å². The summed E-state index contributed by atoms with van der Waals surface area (Å²) in [5, 5.41) is 24.0. The molecular formula is C39H54ClN5O4. The standard InChI is InChI=1S/C23H26ClN3O.C12H16N2O3.2C2H6/c1-6-15(2)13-23-26-25-17(4)27(23)22-12-11-20(28-5)14-21(22)16(3)18-7-9-19(24)10-8-18;1-9(15)13-6-3-7-14-12(17)10-4-2-5-11(16)8-10;2*1-2/h7-12,14-15H,3,6,13H2,1-2,4-5H3;2,4-5,8,16H,3,6-7H2,1H3,(H,13,15)(H,14,17);2*1-2H3. The summed E-state index contributed by atoms with van der Waals surface area (Å²) >= 11 is 6.06. The first-order chi connectivity index (χ1) is 23.5. The normalized spacial score (nSPS) is 10.5. The van der Waals surface area contributed by atoms with Crippen LogP contribution in [0, 0.1) is 12.8 Å². The minimum atomic E-state index is -0.233. The number of aromatic nitrogens is 3. The Morgan fingerprint density at radius 2 is 1.61 bits per heavy atom. The number of carbonyl (C=O) groups excluding carboxylic acids is 2. The van der Waals surface area contributed by atoms with Gasteiger partial charge in [0.1, 0.15) is 23.1 Å². The molecular weight excluding hydrogens is 638 g/mol. The number of rotatable bonds is 12. The molecule has 0 radical (unpaired) electrons. The van der Waals surface area contributed by atoms with Crippen molar-refractivity contribution in [1.82, 2.24) is 25.4 Å². The van der Waals surface area contributed by atoms with Gasteiger partial charge in [0.05, 0.1) is 12.8 Å². The van der Waals surface area contributed by atoms with Gasteiger partial charge < -0.3 is 20.5 Å². The van der Waals surface area contributed by atoms with Crippen LogP contribution in [0.5, 0.6) is 11.5 Å². The Hall–Kier alpha value is -4.63. The van der Waals surface area contributed by atoms with Crippen molar-refractivity contribution >= 4 is 29.0 Å². The maximum atomic E-state index is 11.6. The van der Waals surface area contributed by atoms with Crippen LogP contribution in [-0.2, 0) is 11.2 Å². The third-order valence-electron chi connectivity index (χ3n) is 7.20. The number of methoxy groups -OCH3 is 1. The summed E-state index contributed by atoms with van der Waals surface area (Å²) in [6.45, 7) is 21.2. The number of carbonyl (C=O) groups is 2. The van der Waals surface area contributed by atoms with Crippen molar-refractivity contribution in [2.45, 2.75) is 74.7 Å². The average molecular weight is 692 g/mol. The molecule has 4 aromatic rings. The number of aromatic hydroxyl groups is 1. The fourth-order valence-electron chi connectivity index (χ4n) is 4.50. The molecule has 0 aliphatic heterocycles. The van der Waals surface area contributed by atoms with E-state index in [0.717, 1.165) is 52.6 Å². The minimum absolute atomic E-state index is 0.0656. The highest BCUT2D eigenvalue weighted by atomic mass is 35.5. The van der Waals surface area contributed by atoms with Crippen molar-refractivity contribution in [3.63, 3.8) is 0 Å². The third kappa shape index (κ3) is 13.8. The smallest absolute Gasteiger partial charge is 0.251 e. The van der Waals surface area contributed by atoms with Gasteiger partial charge in [0.15, 0.2) is 0 Å². The number of nitrogens with zero attached hydrogens (tertiary/aromatic N) is 3. The van der Waals surface area contributed by atoms with Crippen LogP contribution in [0.3, 0.4) is 0 Å². The van der Waals surface area contributed by atoms with Crippen LogP contribution < -0.4 is 15.4 Å². The molecule has 0 fully saturated rings. The highest BCUT2D eigenvalue weighted by Gasteiger charge is 2.18. The number of nitrogens with one attached hydrogen (secondary N) is 2. The van der Waals surface area contributed by atoms with E-state index in [-0.39, 0.29) is 17.6 Å². The van der Waals surface area contributed by atoms with E-state index in [1.54, 1.807) is 19.2 Å². The predicted molar refractivity (Wildman–Crippen MR) is 202 cm³/mol. The fourth-order valence-corrected chi connectivity index (χ4v) is 4.62. The van der Waals surface area contributed by atoms with Gasteiger partial charge in [-0.3, -0.25) is 14.2 Å². The van der Waals surface area contributed by atoms with Crippen LogP contribution in [-0.4, -0.2) is 51.9 Å². The summed E-state index contributed by atoms with van der Waals surface area (Å²) in [6, 6.07) is 19.9. The summed E-state index contributed by atoms with van der Waals surface area (Å²) in [7, 11) is 1.67.